The second-order valence-electron chi connectivity index (χ2n) is 6.03. The number of aryl methyl sites for hydroxylation is 1. The Kier molecular flexibility index (Phi) is 5.22. The van der Waals surface area contributed by atoms with Crippen molar-refractivity contribution in [3.05, 3.63) is 30.1 Å². The van der Waals surface area contributed by atoms with Crippen molar-refractivity contribution >= 4 is 11.6 Å². The summed E-state index contributed by atoms with van der Waals surface area (Å²) in [5, 5.41) is 11.5. The summed E-state index contributed by atoms with van der Waals surface area (Å²) < 4.78 is 7.10. The van der Waals surface area contributed by atoms with Crippen molar-refractivity contribution in [3.63, 3.8) is 0 Å². The molecule has 0 saturated heterocycles. The number of ether oxygens (including phenoxy) is 1. The average Bonchev–Trinajstić information content (AvgIpc) is 2.84. The van der Waals surface area contributed by atoms with Crippen LogP contribution < -0.4 is 11.1 Å². The van der Waals surface area contributed by atoms with Gasteiger partial charge in [0.1, 0.15) is 11.9 Å². The summed E-state index contributed by atoms with van der Waals surface area (Å²) in [7, 11) is 1.52. The number of nitrogens with two attached hydrogens (primary N) is 1. The number of rotatable bonds is 5. The summed E-state index contributed by atoms with van der Waals surface area (Å²) in [6.45, 7) is 1.12. The van der Waals surface area contributed by atoms with Gasteiger partial charge in [0.25, 0.3) is 0 Å². The van der Waals surface area contributed by atoms with Gasteiger partial charge in [0.15, 0.2) is 5.82 Å². The Morgan fingerprint density at radius 2 is 2.25 bits per heavy atom. The van der Waals surface area contributed by atoms with E-state index in [1.807, 2.05) is 24.3 Å². The van der Waals surface area contributed by atoms with E-state index in [0.717, 1.165) is 43.0 Å². The third-order valence-corrected chi connectivity index (χ3v) is 4.18. The minimum atomic E-state index is -0.692. The fourth-order valence-electron chi connectivity index (χ4n) is 2.92. The molecule has 24 heavy (non-hydrogen) atoms. The Hall–Kier alpha value is -2.25. The number of amides is 1. The van der Waals surface area contributed by atoms with Gasteiger partial charge in [0.2, 0.25) is 5.91 Å². The Morgan fingerprint density at radius 3 is 3.08 bits per heavy atom. The lowest BCUT2D eigenvalue weighted by Gasteiger charge is -2.12. The number of hydrogen-bond acceptors (Lipinski definition) is 5. The second-order valence-corrected chi connectivity index (χ2v) is 6.03. The third kappa shape index (κ3) is 3.63. The highest BCUT2D eigenvalue weighted by Gasteiger charge is 2.17. The molecule has 0 fully saturated rings. The monoisotopic (exact) mass is 329 g/mol. The number of anilines is 1. The summed E-state index contributed by atoms with van der Waals surface area (Å²) in [5.41, 5.74) is 7.38. The molecule has 0 aliphatic carbocycles. The van der Waals surface area contributed by atoms with Gasteiger partial charge in [0, 0.05) is 31.3 Å². The number of nitrogens with one attached hydrogen (secondary N) is 1. The molecule has 1 aliphatic rings. The van der Waals surface area contributed by atoms with Crippen molar-refractivity contribution in [1.82, 2.24) is 14.8 Å². The van der Waals surface area contributed by atoms with Gasteiger partial charge < -0.3 is 20.4 Å². The molecule has 128 valence electrons. The van der Waals surface area contributed by atoms with E-state index in [9.17, 15) is 4.79 Å². The minimum absolute atomic E-state index is 0.184. The Balaban J connectivity index is 1.81. The van der Waals surface area contributed by atoms with E-state index >= 15 is 0 Å². The zero-order valence-electron chi connectivity index (χ0n) is 13.9. The molecule has 2 aromatic rings. The second kappa shape index (κ2) is 7.55. The Morgan fingerprint density at radius 1 is 1.38 bits per heavy atom. The van der Waals surface area contributed by atoms with Crippen LogP contribution in [0.5, 0.6) is 0 Å². The van der Waals surface area contributed by atoms with Gasteiger partial charge in [-0.3, -0.25) is 4.79 Å². The largest absolute Gasteiger partial charge is 0.383 e. The molecule has 0 saturated carbocycles. The number of hydrogen-bond donors (Lipinski definition) is 2. The smallest absolute Gasteiger partial charge is 0.243 e. The zero-order valence-corrected chi connectivity index (χ0v) is 13.9. The van der Waals surface area contributed by atoms with E-state index < -0.39 is 6.04 Å². The SMILES string of the molecule is COCC(N)C(=O)Nc1cccc(-c2nnc3n2CCCCC3)c1. The first-order valence-electron chi connectivity index (χ1n) is 8.27. The highest BCUT2D eigenvalue weighted by molar-refractivity contribution is 5.95. The van der Waals surface area contributed by atoms with E-state index in [1.54, 1.807) is 0 Å². The van der Waals surface area contributed by atoms with Gasteiger partial charge in [-0.25, -0.2) is 0 Å². The molecule has 1 unspecified atom stereocenters. The molecule has 0 bridgehead atoms. The van der Waals surface area contributed by atoms with Crippen LogP contribution in [0, 0.1) is 0 Å². The van der Waals surface area contributed by atoms with Crippen LogP contribution in [0.2, 0.25) is 0 Å². The highest BCUT2D eigenvalue weighted by atomic mass is 16.5. The maximum absolute atomic E-state index is 12.0. The first kappa shape index (κ1) is 16.6. The molecular formula is C17H23N5O2. The van der Waals surface area contributed by atoms with E-state index in [2.05, 4.69) is 20.1 Å². The quantitative estimate of drug-likeness (QED) is 0.868. The van der Waals surface area contributed by atoms with Crippen molar-refractivity contribution in [2.24, 2.45) is 5.73 Å². The predicted octanol–water partition coefficient (Wildman–Crippen LogP) is 1.58. The van der Waals surface area contributed by atoms with Crippen LogP contribution in [-0.4, -0.2) is 40.4 Å². The zero-order chi connectivity index (χ0) is 16.9. The lowest BCUT2D eigenvalue weighted by molar-refractivity contribution is -0.118. The number of carbonyl (C=O) groups excluding carboxylic acids is 1. The number of aromatic nitrogens is 3. The molecule has 2 heterocycles. The number of methoxy groups -OCH3 is 1. The molecule has 0 radical (unpaired) electrons. The van der Waals surface area contributed by atoms with E-state index in [4.69, 9.17) is 10.5 Å². The van der Waals surface area contributed by atoms with Crippen LogP contribution in [0.15, 0.2) is 24.3 Å². The highest BCUT2D eigenvalue weighted by Crippen LogP contribution is 2.24. The standard InChI is InChI=1S/C17H23N5O2/c1-24-11-14(18)17(23)19-13-7-5-6-12(10-13)16-21-20-15-8-3-2-4-9-22(15)16/h5-7,10,14H,2-4,8-9,11,18H2,1H3,(H,19,23). The summed E-state index contributed by atoms with van der Waals surface area (Å²) in [4.78, 5) is 12.0. The summed E-state index contributed by atoms with van der Waals surface area (Å²) in [6.07, 6.45) is 4.48. The van der Waals surface area contributed by atoms with Crippen LogP contribution in [0.3, 0.4) is 0 Å². The molecule has 0 spiro atoms. The maximum atomic E-state index is 12.0. The van der Waals surface area contributed by atoms with Crippen molar-refractivity contribution in [2.75, 3.05) is 19.0 Å². The Bertz CT molecular complexity index is 713. The van der Waals surface area contributed by atoms with E-state index in [0.29, 0.717) is 5.69 Å². The van der Waals surface area contributed by atoms with Crippen LogP contribution >= 0.6 is 0 Å². The minimum Gasteiger partial charge on any atom is -0.383 e. The topological polar surface area (TPSA) is 95.1 Å². The molecule has 1 atom stereocenters. The molecule has 3 rings (SSSR count). The van der Waals surface area contributed by atoms with Gasteiger partial charge >= 0.3 is 0 Å². The number of nitrogens with zero attached hydrogens (tertiary/aromatic N) is 3. The molecule has 1 aromatic heterocycles. The van der Waals surface area contributed by atoms with Crippen LogP contribution in [0.1, 0.15) is 25.1 Å². The molecule has 7 heteroatoms. The summed E-state index contributed by atoms with van der Waals surface area (Å²) >= 11 is 0. The van der Waals surface area contributed by atoms with Crippen LogP contribution in [0.4, 0.5) is 5.69 Å². The fourth-order valence-corrected chi connectivity index (χ4v) is 2.92. The molecule has 1 aromatic carbocycles. The molecule has 3 N–H and O–H groups in total. The maximum Gasteiger partial charge on any atom is 0.243 e. The van der Waals surface area contributed by atoms with Gasteiger partial charge in [-0.1, -0.05) is 18.6 Å². The van der Waals surface area contributed by atoms with Gasteiger partial charge in [0.05, 0.1) is 6.61 Å². The predicted molar refractivity (Wildman–Crippen MR) is 91.5 cm³/mol. The van der Waals surface area contributed by atoms with Crippen molar-refractivity contribution < 1.29 is 9.53 Å². The van der Waals surface area contributed by atoms with E-state index in [1.165, 1.54) is 13.5 Å². The lowest BCUT2D eigenvalue weighted by atomic mass is 10.1. The number of fused-ring (bicyclic) bond motifs is 1. The molecular weight excluding hydrogens is 306 g/mol. The normalized spacial score (nSPS) is 15.4. The molecule has 7 nitrogen and oxygen atoms in total. The first-order chi connectivity index (χ1) is 11.7. The van der Waals surface area contributed by atoms with Gasteiger partial charge in [-0.15, -0.1) is 10.2 Å². The van der Waals surface area contributed by atoms with Gasteiger partial charge in [-0.05, 0) is 25.0 Å². The lowest BCUT2D eigenvalue weighted by Crippen LogP contribution is -2.39. The van der Waals surface area contributed by atoms with Crippen molar-refractivity contribution in [2.45, 2.75) is 38.3 Å². The summed E-state index contributed by atoms with van der Waals surface area (Å²) in [6, 6.07) is 6.92. The van der Waals surface area contributed by atoms with Gasteiger partial charge in [-0.2, -0.15) is 0 Å². The van der Waals surface area contributed by atoms with Crippen LogP contribution in [0.25, 0.3) is 11.4 Å². The van der Waals surface area contributed by atoms with Crippen molar-refractivity contribution in [1.29, 1.82) is 0 Å². The Labute approximate surface area is 141 Å². The molecule has 1 aliphatic heterocycles. The summed E-state index contributed by atoms with van der Waals surface area (Å²) in [5.74, 6) is 1.62. The first-order valence-corrected chi connectivity index (χ1v) is 8.27. The van der Waals surface area contributed by atoms with E-state index in [-0.39, 0.29) is 12.5 Å². The molecule has 1 amide bonds. The average molecular weight is 329 g/mol. The number of benzene rings is 1. The fraction of sp³-hybridized carbons (Fsp3) is 0.471. The van der Waals surface area contributed by atoms with Crippen LogP contribution in [-0.2, 0) is 22.5 Å². The third-order valence-electron chi connectivity index (χ3n) is 4.18. The van der Waals surface area contributed by atoms with Crippen molar-refractivity contribution in [3.8, 4) is 11.4 Å². The number of carbonyl (C=O) groups is 1.